The molecule has 2 aromatic heterocycles. The molecule has 0 bridgehead atoms. The summed E-state index contributed by atoms with van der Waals surface area (Å²) in [6.45, 7) is 0. The third-order valence-electron chi connectivity index (χ3n) is 5.36. The van der Waals surface area contributed by atoms with Crippen molar-refractivity contribution in [3.05, 3.63) is 6.33 Å². The lowest BCUT2D eigenvalue weighted by Gasteiger charge is -2.17. The molecule has 5 N–H and O–H groups in total. The highest BCUT2D eigenvalue weighted by Crippen LogP contribution is 2.33. The number of nitrogens with one attached hydrogen (secondary N) is 3. The van der Waals surface area contributed by atoms with E-state index in [1.165, 1.54) is 30.8 Å². The van der Waals surface area contributed by atoms with Gasteiger partial charge in [0.05, 0.1) is 6.33 Å². The van der Waals surface area contributed by atoms with E-state index in [9.17, 15) is 15.0 Å². The van der Waals surface area contributed by atoms with Gasteiger partial charge in [-0.1, -0.05) is 12.8 Å². The largest absolute Gasteiger partial charge is 0.387 e. The second-order valence-electron chi connectivity index (χ2n) is 7.14. The Morgan fingerprint density at radius 1 is 1.21 bits per heavy atom. The van der Waals surface area contributed by atoms with Gasteiger partial charge in [-0.2, -0.15) is 9.97 Å². The van der Waals surface area contributed by atoms with E-state index in [2.05, 4.69) is 30.9 Å². The number of rotatable bonds is 5. The predicted octanol–water partition coefficient (Wildman–Crippen LogP) is -0.412. The smallest absolute Gasteiger partial charge is 0.251 e. The van der Waals surface area contributed by atoms with E-state index >= 15 is 0 Å². The van der Waals surface area contributed by atoms with Crippen molar-refractivity contribution in [2.45, 2.75) is 56.3 Å². The number of aliphatic hydroxyl groups is 2. The van der Waals surface area contributed by atoms with Crippen LogP contribution < -0.4 is 16.0 Å². The fourth-order valence-electron chi connectivity index (χ4n) is 3.83. The maximum atomic E-state index is 11.9. The molecule has 1 saturated carbocycles. The number of hydrogen-bond donors (Lipinski definition) is 5. The van der Waals surface area contributed by atoms with Crippen LogP contribution in [0.4, 0.5) is 11.8 Å². The molecule has 0 spiro atoms. The molecule has 0 unspecified atom stereocenters. The summed E-state index contributed by atoms with van der Waals surface area (Å²) in [6.07, 6.45) is 1.15. The lowest BCUT2D eigenvalue weighted by atomic mass is 10.1. The SMILES string of the molecule is CNC(=O)[C@H]1O[C@@H](n2cnc3c(NC4CCCC4)nc(NC)nc32)[C@H](O)[C@@H]1O. The molecule has 11 nitrogen and oxygen atoms in total. The number of imidazole rings is 1. The summed E-state index contributed by atoms with van der Waals surface area (Å²) < 4.78 is 7.17. The summed E-state index contributed by atoms with van der Waals surface area (Å²) in [5.74, 6) is 0.495. The Balaban J connectivity index is 1.71. The van der Waals surface area contributed by atoms with Crippen LogP contribution in [0.25, 0.3) is 11.2 Å². The first-order valence-corrected chi connectivity index (χ1v) is 9.45. The van der Waals surface area contributed by atoms with Crippen molar-refractivity contribution in [3.8, 4) is 0 Å². The summed E-state index contributed by atoms with van der Waals surface area (Å²) in [5.41, 5.74) is 0.980. The molecule has 2 fully saturated rings. The number of anilines is 2. The standard InChI is InChI=1S/C17H25N7O4/c1-18-15(27)12-10(25)11(26)16(28-12)24-7-20-9-13(21-8-5-3-4-6-8)22-17(19-2)23-14(9)24/h7-8,10-12,16,25-26H,3-6H2,1-2H3,(H,18,27)(H2,19,21,22,23)/t10-,11+,12-,16+/m0/s1. The molecule has 2 aliphatic rings. The topological polar surface area (TPSA) is 146 Å². The third-order valence-corrected chi connectivity index (χ3v) is 5.36. The molecule has 1 aliphatic heterocycles. The van der Waals surface area contributed by atoms with E-state index in [-0.39, 0.29) is 0 Å². The number of aromatic nitrogens is 4. The zero-order valence-electron chi connectivity index (χ0n) is 15.8. The molecule has 0 aromatic carbocycles. The highest BCUT2D eigenvalue weighted by atomic mass is 16.6. The van der Waals surface area contributed by atoms with E-state index < -0.39 is 30.4 Å². The Morgan fingerprint density at radius 3 is 2.64 bits per heavy atom. The number of fused-ring (bicyclic) bond motifs is 1. The van der Waals surface area contributed by atoms with Crippen LogP contribution in [0.1, 0.15) is 31.9 Å². The zero-order valence-corrected chi connectivity index (χ0v) is 15.8. The molecular formula is C17H25N7O4. The van der Waals surface area contributed by atoms with Gasteiger partial charge >= 0.3 is 0 Å². The zero-order chi connectivity index (χ0) is 19.8. The van der Waals surface area contributed by atoms with Crippen molar-refractivity contribution >= 4 is 28.8 Å². The lowest BCUT2D eigenvalue weighted by Crippen LogP contribution is -2.41. The van der Waals surface area contributed by atoms with Gasteiger partial charge in [-0.15, -0.1) is 0 Å². The van der Waals surface area contributed by atoms with Crippen LogP contribution >= 0.6 is 0 Å². The van der Waals surface area contributed by atoms with Crippen LogP contribution in [-0.2, 0) is 9.53 Å². The van der Waals surface area contributed by atoms with Crippen LogP contribution in [-0.4, -0.2) is 74.1 Å². The van der Waals surface area contributed by atoms with Crippen LogP contribution in [0.5, 0.6) is 0 Å². The van der Waals surface area contributed by atoms with Crippen molar-refractivity contribution in [3.63, 3.8) is 0 Å². The minimum absolute atomic E-state index is 0.334. The fraction of sp³-hybridized carbons (Fsp3) is 0.647. The first kappa shape index (κ1) is 18.8. The molecule has 1 saturated heterocycles. The van der Waals surface area contributed by atoms with Gasteiger partial charge in [0.2, 0.25) is 5.95 Å². The minimum atomic E-state index is -1.36. The van der Waals surface area contributed by atoms with Crippen LogP contribution in [0.3, 0.4) is 0 Å². The number of carbonyl (C=O) groups excluding carboxylic acids is 1. The molecule has 1 amide bonds. The molecule has 4 atom stereocenters. The number of aliphatic hydroxyl groups excluding tert-OH is 2. The van der Waals surface area contributed by atoms with E-state index in [1.807, 2.05) is 0 Å². The first-order chi connectivity index (χ1) is 13.5. The number of amides is 1. The second-order valence-corrected chi connectivity index (χ2v) is 7.14. The van der Waals surface area contributed by atoms with E-state index in [1.54, 1.807) is 7.05 Å². The van der Waals surface area contributed by atoms with Gasteiger partial charge < -0.3 is 30.9 Å². The second kappa shape index (κ2) is 7.49. The highest BCUT2D eigenvalue weighted by Gasteiger charge is 2.47. The van der Waals surface area contributed by atoms with Gasteiger partial charge in [-0.25, -0.2) is 4.98 Å². The van der Waals surface area contributed by atoms with Crippen molar-refractivity contribution < 1.29 is 19.7 Å². The van der Waals surface area contributed by atoms with Gasteiger partial charge in [-0.05, 0) is 12.8 Å². The van der Waals surface area contributed by atoms with Gasteiger partial charge in [0.1, 0.15) is 12.2 Å². The predicted molar refractivity (Wildman–Crippen MR) is 101 cm³/mol. The molecule has 28 heavy (non-hydrogen) atoms. The van der Waals surface area contributed by atoms with Crippen molar-refractivity contribution in [1.82, 2.24) is 24.8 Å². The minimum Gasteiger partial charge on any atom is -0.387 e. The fourth-order valence-corrected chi connectivity index (χ4v) is 3.83. The normalized spacial score (nSPS) is 28.0. The number of ether oxygens (including phenoxy) is 1. The molecule has 2 aromatic rings. The van der Waals surface area contributed by atoms with Gasteiger partial charge in [-0.3, -0.25) is 9.36 Å². The first-order valence-electron chi connectivity index (χ1n) is 9.45. The van der Waals surface area contributed by atoms with Crippen molar-refractivity contribution in [2.24, 2.45) is 0 Å². The average Bonchev–Trinajstić information content (AvgIpc) is 3.42. The molecule has 152 valence electrons. The maximum absolute atomic E-state index is 11.9. The quantitative estimate of drug-likeness (QED) is 0.459. The van der Waals surface area contributed by atoms with E-state index in [0.717, 1.165) is 12.8 Å². The third kappa shape index (κ3) is 3.15. The Labute approximate surface area is 161 Å². The average molecular weight is 391 g/mol. The summed E-state index contributed by atoms with van der Waals surface area (Å²) in [7, 11) is 3.16. The summed E-state index contributed by atoms with van der Waals surface area (Å²) in [4.78, 5) is 25.3. The van der Waals surface area contributed by atoms with Crippen molar-refractivity contribution in [2.75, 3.05) is 24.7 Å². The van der Waals surface area contributed by atoms with Crippen molar-refractivity contribution in [1.29, 1.82) is 0 Å². The molecular weight excluding hydrogens is 366 g/mol. The number of carbonyl (C=O) groups is 1. The summed E-state index contributed by atoms with van der Waals surface area (Å²) >= 11 is 0. The van der Waals surface area contributed by atoms with Gasteiger partial charge in [0.15, 0.2) is 29.3 Å². The van der Waals surface area contributed by atoms with Crippen LogP contribution in [0, 0.1) is 0 Å². The highest BCUT2D eigenvalue weighted by molar-refractivity contribution is 5.85. The van der Waals surface area contributed by atoms with Crippen LogP contribution in [0.15, 0.2) is 6.33 Å². The van der Waals surface area contributed by atoms with Gasteiger partial charge in [0.25, 0.3) is 5.91 Å². The summed E-state index contributed by atoms with van der Waals surface area (Å²) in [5, 5.41) is 29.5. The Kier molecular flexibility index (Phi) is 5.04. The van der Waals surface area contributed by atoms with E-state index in [0.29, 0.717) is 29.0 Å². The Hall–Kier alpha value is -2.50. The Bertz CT molecular complexity index is 867. The Morgan fingerprint density at radius 2 is 1.96 bits per heavy atom. The maximum Gasteiger partial charge on any atom is 0.251 e. The monoisotopic (exact) mass is 391 g/mol. The van der Waals surface area contributed by atoms with Gasteiger partial charge in [0, 0.05) is 20.1 Å². The molecule has 1 aliphatic carbocycles. The summed E-state index contributed by atoms with van der Waals surface area (Å²) in [6, 6.07) is 0.334. The number of likely N-dealkylation sites (N-methyl/N-ethyl adjacent to an activating group) is 1. The van der Waals surface area contributed by atoms with E-state index in [4.69, 9.17) is 4.74 Å². The number of nitrogens with zero attached hydrogens (tertiary/aromatic N) is 4. The molecule has 0 radical (unpaired) electrons. The number of hydrogen-bond acceptors (Lipinski definition) is 9. The lowest BCUT2D eigenvalue weighted by molar-refractivity contribution is -0.137. The molecule has 11 heteroatoms. The molecule has 4 rings (SSSR count). The molecule has 3 heterocycles. The van der Waals surface area contributed by atoms with Crippen LogP contribution in [0.2, 0.25) is 0 Å².